The molecule has 2 unspecified atom stereocenters. The summed E-state index contributed by atoms with van der Waals surface area (Å²) in [6.07, 6.45) is 1.78. The number of carbonyl (C=O) groups excluding carboxylic acids is 2. The Bertz CT molecular complexity index is 249. The van der Waals surface area contributed by atoms with Gasteiger partial charge in [0.1, 0.15) is 0 Å². The molecule has 4 heteroatoms. The molecule has 0 aromatic carbocycles. The maximum Gasteiger partial charge on any atom is 0.311 e. The highest BCUT2D eigenvalue weighted by molar-refractivity contribution is 5.78. The summed E-state index contributed by atoms with van der Waals surface area (Å²) in [6.45, 7) is 5.65. The van der Waals surface area contributed by atoms with E-state index in [1.54, 1.807) is 0 Å². The zero-order valence-electron chi connectivity index (χ0n) is 10.8. The lowest BCUT2D eigenvalue weighted by atomic mass is 9.78. The highest BCUT2D eigenvalue weighted by Gasteiger charge is 2.37. The third-order valence-electron chi connectivity index (χ3n) is 3.18. The summed E-state index contributed by atoms with van der Waals surface area (Å²) in [5.74, 6) is -0.766. The summed E-state index contributed by atoms with van der Waals surface area (Å²) < 4.78 is 9.49. The molecule has 0 radical (unpaired) electrons. The van der Waals surface area contributed by atoms with Gasteiger partial charge in [-0.25, -0.2) is 0 Å². The molecule has 0 aromatic rings. The first-order chi connectivity index (χ1) is 7.45. The van der Waals surface area contributed by atoms with E-state index in [4.69, 9.17) is 9.47 Å². The lowest BCUT2D eigenvalue weighted by Gasteiger charge is -2.28. The van der Waals surface area contributed by atoms with Crippen LogP contribution in [0.3, 0.4) is 0 Å². The van der Waals surface area contributed by atoms with E-state index in [0.717, 1.165) is 0 Å². The number of hydrogen-bond acceptors (Lipinski definition) is 4. The summed E-state index contributed by atoms with van der Waals surface area (Å²) in [5.41, 5.74) is -0.608. The van der Waals surface area contributed by atoms with E-state index in [9.17, 15) is 9.59 Å². The molecule has 0 aliphatic rings. The highest BCUT2D eigenvalue weighted by atomic mass is 16.5. The summed E-state index contributed by atoms with van der Waals surface area (Å²) in [7, 11) is 2.74. The van der Waals surface area contributed by atoms with Gasteiger partial charge in [0.25, 0.3) is 0 Å². The Morgan fingerprint density at radius 1 is 1.19 bits per heavy atom. The molecule has 0 saturated carbocycles. The molecule has 0 N–H and O–H groups in total. The molecule has 0 bridgehead atoms. The molecule has 0 saturated heterocycles. The van der Waals surface area contributed by atoms with Crippen LogP contribution in [0.15, 0.2) is 0 Å². The minimum absolute atomic E-state index is 0.242. The van der Waals surface area contributed by atoms with E-state index in [-0.39, 0.29) is 17.9 Å². The van der Waals surface area contributed by atoms with E-state index in [1.807, 2.05) is 20.8 Å². The predicted octanol–water partition coefficient (Wildman–Crippen LogP) is 2.17. The molecule has 2 atom stereocenters. The van der Waals surface area contributed by atoms with Crippen molar-refractivity contribution in [2.75, 3.05) is 14.2 Å². The van der Waals surface area contributed by atoms with Crippen LogP contribution in [0.2, 0.25) is 0 Å². The SMILES string of the molecule is CCC(CC(C)(CC)C(=O)OC)C(=O)OC. The molecule has 0 fully saturated rings. The van der Waals surface area contributed by atoms with Crippen LogP contribution in [0.1, 0.15) is 40.0 Å². The lowest BCUT2D eigenvalue weighted by Crippen LogP contribution is -2.33. The van der Waals surface area contributed by atoms with Crippen molar-refractivity contribution in [2.24, 2.45) is 11.3 Å². The molecular formula is C12H22O4. The van der Waals surface area contributed by atoms with Gasteiger partial charge in [-0.3, -0.25) is 9.59 Å². The van der Waals surface area contributed by atoms with Crippen molar-refractivity contribution in [3.63, 3.8) is 0 Å². The van der Waals surface area contributed by atoms with Crippen LogP contribution in [0.25, 0.3) is 0 Å². The van der Waals surface area contributed by atoms with Crippen LogP contribution in [-0.2, 0) is 19.1 Å². The molecule has 0 spiro atoms. The zero-order valence-corrected chi connectivity index (χ0v) is 10.8. The third-order valence-corrected chi connectivity index (χ3v) is 3.18. The van der Waals surface area contributed by atoms with Gasteiger partial charge in [-0.15, -0.1) is 0 Å². The van der Waals surface area contributed by atoms with Gasteiger partial charge >= 0.3 is 11.9 Å². The van der Waals surface area contributed by atoms with Crippen molar-refractivity contribution < 1.29 is 19.1 Å². The predicted molar refractivity (Wildman–Crippen MR) is 60.8 cm³/mol. The van der Waals surface area contributed by atoms with Gasteiger partial charge in [0.05, 0.1) is 25.6 Å². The zero-order chi connectivity index (χ0) is 12.8. The molecule has 0 aliphatic carbocycles. The summed E-state index contributed by atoms with van der Waals surface area (Å²) >= 11 is 0. The van der Waals surface area contributed by atoms with Gasteiger partial charge in [-0.1, -0.05) is 13.8 Å². The van der Waals surface area contributed by atoms with Gasteiger partial charge in [-0.2, -0.15) is 0 Å². The van der Waals surface area contributed by atoms with Gasteiger partial charge < -0.3 is 9.47 Å². The van der Waals surface area contributed by atoms with Crippen molar-refractivity contribution in [1.29, 1.82) is 0 Å². The van der Waals surface area contributed by atoms with E-state index in [1.165, 1.54) is 14.2 Å². The Labute approximate surface area is 97.3 Å². The minimum Gasteiger partial charge on any atom is -0.469 e. The fraction of sp³-hybridized carbons (Fsp3) is 0.833. The normalized spacial score (nSPS) is 16.1. The average Bonchev–Trinajstić information content (AvgIpc) is 2.33. The molecule has 0 rings (SSSR count). The van der Waals surface area contributed by atoms with Crippen LogP contribution in [0.4, 0.5) is 0 Å². The molecule has 0 amide bonds. The number of ether oxygens (including phenoxy) is 2. The Kier molecular flexibility index (Phi) is 6.08. The van der Waals surface area contributed by atoms with Gasteiger partial charge in [0, 0.05) is 0 Å². The third kappa shape index (κ3) is 3.51. The minimum atomic E-state index is -0.608. The first-order valence-electron chi connectivity index (χ1n) is 5.61. The number of esters is 2. The average molecular weight is 230 g/mol. The second-order valence-corrected chi connectivity index (χ2v) is 4.24. The van der Waals surface area contributed by atoms with E-state index >= 15 is 0 Å². The maximum atomic E-state index is 11.7. The number of carbonyl (C=O) groups is 2. The molecule has 4 nitrogen and oxygen atoms in total. The van der Waals surface area contributed by atoms with Crippen molar-refractivity contribution in [3.05, 3.63) is 0 Å². The smallest absolute Gasteiger partial charge is 0.311 e. The van der Waals surface area contributed by atoms with Crippen molar-refractivity contribution in [1.82, 2.24) is 0 Å². The fourth-order valence-electron chi connectivity index (χ4n) is 1.72. The number of rotatable bonds is 6. The Balaban J connectivity index is 4.74. The Morgan fingerprint density at radius 2 is 1.75 bits per heavy atom. The van der Waals surface area contributed by atoms with Gasteiger partial charge in [-0.05, 0) is 26.2 Å². The fourth-order valence-corrected chi connectivity index (χ4v) is 1.72. The Morgan fingerprint density at radius 3 is 2.06 bits per heavy atom. The van der Waals surface area contributed by atoms with Crippen LogP contribution in [0.5, 0.6) is 0 Å². The summed E-state index contributed by atoms with van der Waals surface area (Å²) in [4.78, 5) is 23.1. The van der Waals surface area contributed by atoms with Crippen molar-refractivity contribution in [3.8, 4) is 0 Å². The first-order valence-corrected chi connectivity index (χ1v) is 5.61. The lowest BCUT2D eigenvalue weighted by molar-refractivity contribution is -0.155. The number of hydrogen-bond donors (Lipinski definition) is 0. The quantitative estimate of drug-likeness (QED) is 0.656. The topological polar surface area (TPSA) is 52.6 Å². The van der Waals surface area contributed by atoms with Crippen molar-refractivity contribution in [2.45, 2.75) is 40.0 Å². The van der Waals surface area contributed by atoms with Gasteiger partial charge in [0.2, 0.25) is 0 Å². The van der Waals surface area contributed by atoms with Crippen LogP contribution in [0, 0.1) is 11.3 Å². The van der Waals surface area contributed by atoms with Crippen LogP contribution < -0.4 is 0 Å². The first kappa shape index (κ1) is 14.9. The monoisotopic (exact) mass is 230 g/mol. The van der Waals surface area contributed by atoms with Crippen LogP contribution >= 0.6 is 0 Å². The molecule has 94 valence electrons. The standard InChI is InChI=1S/C12H22O4/c1-6-9(10(13)15-4)8-12(3,7-2)11(14)16-5/h9H,6-8H2,1-5H3. The molecule has 0 aromatic heterocycles. The van der Waals surface area contributed by atoms with E-state index in [2.05, 4.69) is 0 Å². The Hall–Kier alpha value is -1.06. The summed E-state index contributed by atoms with van der Waals surface area (Å²) in [5, 5.41) is 0. The van der Waals surface area contributed by atoms with Crippen molar-refractivity contribution >= 4 is 11.9 Å². The highest BCUT2D eigenvalue weighted by Crippen LogP contribution is 2.32. The summed E-state index contributed by atoms with van der Waals surface area (Å²) in [6, 6.07) is 0. The van der Waals surface area contributed by atoms with E-state index < -0.39 is 5.41 Å². The molecule has 0 aliphatic heterocycles. The second-order valence-electron chi connectivity index (χ2n) is 4.24. The number of methoxy groups -OCH3 is 2. The molecule has 16 heavy (non-hydrogen) atoms. The molecular weight excluding hydrogens is 208 g/mol. The maximum absolute atomic E-state index is 11.7. The van der Waals surface area contributed by atoms with Crippen LogP contribution in [-0.4, -0.2) is 26.2 Å². The van der Waals surface area contributed by atoms with Gasteiger partial charge in [0.15, 0.2) is 0 Å². The molecule has 0 heterocycles. The van der Waals surface area contributed by atoms with E-state index in [0.29, 0.717) is 19.3 Å². The second kappa shape index (κ2) is 6.51. The largest absolute Gasteiger partial charge is 0.469 e.